The molecule has 0 aliphatic carbocycles. The van der Waals surface area contributed by atoms with Crippen molar-refractivity contribution in [3.8, 4) is 0 Å². The molecule has 13 nitrogen and oxygen atoms in total. The van der Waals surface area contributed by atoms with Gasteiger partial charge in [-0.05, 0) is 44.9 Å². The summed E-state index contributed by atoms with van der Waals surface area (Å²) in [6, 6.07) is 0. The van der Waals surface area contributed by atoms with Crippen LogP contribution in [0.1, 0.15) is 64.2 Å². The lowest BCUT2D eigenvalue weighted by Crippen LogP contribution is -2.48. The maximum atomic E-state index is 12.4. The van der Waals surface area contributed by atoms with E-state index in [1.54, 1.807) is 0 Å². The normalized spacial score (nSPS) is 18.5. The third-order valence-electron chi connectivity index (χ3n) is 5.79. The molecule has 0 spiro atoms. The maximum absolute atomic E-state index is 12.4. The molecular weight excluding hydrogens is 556 g/mol. The fourth-order valence-electron chi connectivity index (χ4n) is 3.62. The summed E-state index contributed by atoms with van der Waals surface area (Å²) < 4.78 is 36.9. The van der Waals surface area contributed by atoms with E-state index in [1.165, 1.54) is 0 Å². The Labute approximate surface area is 245 Å². The van der Waals surface area contributed by atoms with Crippen molar-refractivity contribution >= 4 is 29.8 Å². The molecule has 1 rings (SSSR count). The van der Waals surface area contributed by atoms with Crippen LogP contribution in [0.5, 0.6) is 0 Å². The van der Waals surface area contributed by atoms with Crippen LogP contribution in [0, 0.1) is 0 Å². The van der Waals surface area contributed by atoms with E-state index >= 15 is 0 Å². The van der Waals surface area contributed by atoms with E-state index in [0.29, 0.717) is 38.5 Å². The van der Waals surface area contributed by atoms with Crippen molar-refractivity contribution in [2.24, 2.45) is 0 Å². The monoisotopic (exact) mass is 598 g/mol. The van der Waals surface area contributed by atoms with Crippen LogP contribution >= 0.6 is 0 Å². The number of ether oxygens (including phenoxy) is 7. The number of aliphatic hydroxyl groups is 1. The van der Waals surface area contributed by atoms with Gasteiger partial charge in [0.2, 0.25) is 6.29 Å². The van der Waals surface area contributed by atoms with Gasteiger partial charge in [0.05, 0.1) is 26.4 Å². The van der Waals surface area contributed by atoms with Crippen LogP contribution in [-0.2, 0) is 57.1 Å². The maximum Gasteiger partial charge on any atom is 0.330 e. The summed E-state index contributed by atoms with van der Waals surface area (Å²) in [6.07, 6.45) is 2.32. The number of unbranched alkanes of at least 4 members (excludes halogenated alkanes) is 3. The third kappa shape index (κ3) is 17.3. The number of carbonyl (C=O) groups is 5. The van der Waals surface area contributed by atoms with Gasteiger partial charge in [0.1, 0.15) is 6.10 Å². The highest BCUT2D eigenvalue weighted by Crippen LogP contribution is 2.24. The molecule has 0 saturated carbocycles. The van der Waals surface area contributed by atoms with Crippen LogP contribution < -0.4 is 0 Å². The Balaban J connectivity index is 2.57. The average molecular weight is 599 g/mol. The third-order valence-corrected chi connectivity index (χ3v) is 5.79. The van der Waals surface area contributed by atoms with Crippen molar-refractivity contribution in [2.45, 2.75) is 89.0 Å². The summed E-state index contributed by atoms with van der Waals surface area (Å²) in [4.78, 5) is 58.0. The van der Waals surface area contributed by atoms with Crippen molar-refractivity contribution in [3.05, 3.63) is 38.0 Å². The lowest BCUT2D eigenvalue weighted by molar-refractivity contribution is -0.255. The molecular formula is C29H42O13. The minimum Gasteiger partial charge on any atom is -0.463 e. The van der Waals surface area contributed by atoms with Gasteiger partial charge in [-0.1, -0.05) is 19.7 Å². The molecule has 0 bridgehead atoms. The Morgan fingerprint density at radius 3 is 1.69 bits per heavy atom. The summed E-state index contributed by atoms with van der Waals surface area (Å²) in [6.45, 7) is 10.2. The average Bonchev–Trinajstić information content (AvgIpc) is 2.97. The molecule has 4 unspecified atom stereocenters. The molecule has 1 aliphatic heterocycles. The van der Waals surface area contributed by atoms with E-state index in [9.17, 15) is 29.1 Å². The molecule has 1 fully saturated rings. The van der Waals surface area contributed by atoms with E-state index < -0.39 is 54.6 Å². The van der Waals surface area contributed by atoms with Gasteiger partial charge < -0.3 is 38.3 Å². The molecule has 0 aromatic carbocycles. The van der Waals surface area contributed by atoms with Crippen LogP contribution in [0.15, 0.2) is 38.0 Å². The van der Waals surface area contributed by atoms with Crippen molar-refractivity contribution in [3.63, 3.8) is 0 Å². The molecule has 0 radical (unpaired) electrons. The number of hydrogen-bond donors (Lipinski definition) is 1. The molecule has 13 heteroatoms. The van der Waals surface area contributed by atoms with Crippen LogP contribution in [0.4, 0.5) is 0 Å². The zero-order valence-electron chi connectivity index (χ0n) is 23.9. The molecule has 0 aromatic heterocycles. The van der Waals surface area contributed by atoms with Gasteiger partial charge >= 0.3 is 29.8 Å². The van der Waals surface area contributed by atoms with Crippen molar-refractivity contribution in [1.29, 1.82) is 0 Å². The topological polar surface area (TPSA) is 170 Å². The number of carbonyl (C=O) groups excluding carboxylic acids is 5. The first-order valence-corrected chi connectivity index (χ1v) is 13.9. The van der Waals surface area contributed by atoms with E-state index in [4.69, 9.17) is 33.2 Å². The van der Waals surface area contributed by atoms with Gasteiger partial charge in [0.15, 0.2) is 12.4 Å². The predicted molar refractivity (Wildman–Crippen MR) is 146 cm³/mol. The minimum absolute atomic E-state index is 0.00610. The first-order chi connectivity index (χ1) is 20.2. The molecule has 4 atom stereocenters. The molecule has 1 aliphatic rings. The molecule has 0 aromatic rings. The van der Waals surface area contributed by atoms with Crippen LogP contribution in [0.3, 0.4) is 0 Å². The summed E-state index contributed by atoms with van der Waals surface area (Å²) in [5, 5.41) is 10.4. The zero-order chi connectivity index (χ0) is 31.2. The molecule has 236 valence electrons. The standard InChI is InChI=1S/C29H42O13/c1-4-23(30)36-16-10-7-13-26(33)40-21-19-29(42-28(35)15-9-12-18-38-25(32)6-3)39-20-22(21)41-27(34)14-8-11-17-37-24(31)5-2/h4-6,21-22,26,29,33H,1-3,7-20H2. The Bertz CT molecular complexity index is 900. The second kappa shape index (κ2) is 22.1. The number of esters is 5. The summed E-state index contributed by atoms with van der Waals surface area (Å²) >= 11 is 0. The second-order valence-corrected chi connectivity index (χ2v) is 9.17. The van der Waals surface area contributed by atoms with Gasteiger partial charge in [-0.3, -0.25) is 9.59 Å². The van der Waals surface area contributed by atoms with Gasteiger partial charge in [-0.2, -0.15) is 0 Å². The Morgan fingerprint density at radius 2 is 1.19 bits per heavy atom. The Kier molecular flexibility index (Phi) is 19.2. The van der Waals surface area contributed by atoms with E-state index in [2.05, 4.69) is 19.7 Å². The highest BCUT2D eigenvalue weighted by molar-refractivity contribution is 5.81. The highest BCUT2D eigenvalue weighted by atomic mass is 16.7. The number of hydrogen-bond acceptors (Lipinski definition) is 13. The molecule has 1 saturated heterocycles. The molecule has 0 amide bonds. The fourth-order valence-corrected chi connectivity index (χ4v) is 3.62. The van der Waals surface area contributed by atoms with Crippen molar-refractivity contribution < 1.29 is 62.2 Å². The number of aliphatic hydroxyl groups excluding tert-OH is 1. The minimum atomic E-state index is -1.22. The predicted octanol–water partition coefficient (Wildman–Crippen LogP) is 2.59. The van der Waals surface area contributed by atoms with E-state index in [-0.39, 0.29) is 52.1 Å². The summed E-state index contributed by atoms with van der Waals surface area (Å²) in [5.41, 5.74) is 0. The number of rotatable bonds is 22. The van der Waals surface area contributed by atoms with E-state index in [0.717, 1.165) is 18.2 Å². The Morgan fingerprint density at radius 1 is 0.714 bits per heavy atom. The van der Waals surface area contributed by atoms with Gasteiger partial charge in [0, 0.05) is 37.5 Å². The largest absolute Gasteiger partial charge is 0.463 e. The van der Waals surface area contributed by atoms with Gasteiger partial charge in [-0.15, -0.1) is 0 Å². The van der Waals surface area contributed by atoms with Crippen LogP contribution in [0.2, 0.25) is 0 Å². The Hall–Kier alpha value is -3.55. The van der Waals surface area contributed by atoms with Crippen molar-refractivity contribution in [1.82, 2.24) is 0 Å². The van der Waals surface area contributed by atoms with Crippen LogP contribution in [0.25, 0.3) is 0 Å². The van der Waals surface area contributed by atoms with Gasteiger partial charge in [0.25, 0.3) is 0 Å². The van der Waals surface area contributed by atoms with Crippen LogP contribution in [-0.4, -0.2) is 86.2 Å². The summed E-state index contributed by atoms with van der Waals surface area (Å²) in [7, 11) is 0. The van der Waals surface area contributed by atoms with Gasteiger partial charge in [-0.25, -0.2) is 14.4 Å². The molecule has 1 N–H and O–H groups in total. The highest BCUT2D eigenvalue weighted by Gasteiger charge is 2.37. The lowest BCUT2D eigenvalue weighted by atomic mass is 10.1. The second-order valence-electron chi connectivity index (χ2n) is 9.17. The SMILES string of the molecule is C=CC(=O)OCCCCC(=O)OC1CC(OC(O)CCCCOC(=O)C=C)C(OC(=O)CCCCOC(=O)C=C)CO1. The molecule has 42 heavy (non-hydrogen) atoms. The first-order valence-electron chi connectivity index (χ1n) is 13.9. The van der Waals surface area contributed by atoms with E-state index in [1.807, 2.05) is 0 Å². The zero-order valence-corrected chi connectivity index (χ0v) is 23.9. The first kappa shape index (κ1) is 36.5. The lowest BCUT2D eigenvalue weighted by Gasteiger charge is -2.36. The quantitative estimate of drug-likeness (QED) is 0.0635. The fraction of sp³-hybridized carbons (Fsp3) is 0.621. The molecule has 1 heterocycles. The van der Waals surface area contributed by atoms with Crippen molar-refractivity contribution in [2.75, 3.05) is 26.4 Å². The summed E-state index contributed by atoms with van der Waals surface area (Å²) in [5.74, 6) is -2.68. The smallest absolute Gasteiger partial charge is 0.330 e.